The van der Waals surface area contributed by atoms with Gasteiger partial charge in [-0.15, -0.1) is 0 Å². The van der Waals surface area contributed by atoms with E-state index in [1.54, 1.807) is 0 Å². The van der Waals surface area contributed by atoms with Gasteiger partial charge in [0.25, 0.3) is 0 Å². The smallest absolute Gasteiger partial charge is 0.0100 e. The first-order chi connectivity index (χ1) is 7.66. The van der Waals surface area contributed by atoms with Gasteiger partial charge >= 0.3 is 0 Å². The fourth-order valence-electron chi connectivity index (χ4n) is 3.32. The van der Waals surface area contributed by atoms with Crippen molar-refractivity contribution in [2.75, 3.05) is 6.54 Å². The van der Waals surface area contributed by atoms with Gasteiger partial charge in [0.05, 0.1) is 0 Å². The minimum Gasteiger partial charge on any atom is -0.314 e. The van der Waals surface area contributed by atoms with E-state index in [0.717, 1.165) is 29.7 Å². The Morgan fingerprint density at radius 1 is 1.12 bits per heavy atom. The van der Waals surface area contributed by atoms with Crippen molar-refractivity contribution < 1.29 is 0 Å². The molecule has 0 radical (unpaired) electrons. The minimum absolute atomic E-state index is 0.808. The Bertz CT molecular complexity index is 207. The third-order valence-electron chi connectivity index (χ3n) is 4.68. The van der Waals surface area contributed by atoms with Gasteiger partial charge in [-0.3, -0.25) is 0 Å². The molecule has 94 valence electrons. The lowest BCUT2D eigenvalue weighted by Crippen LogP contribution is -2.43. The Morgan fingerprint density at radius 2 is 1.88 bits per heavy atom. The van der Waals surface area contributed by atoms with Crippen LogP contribution in [0.1, 0.15) is 59.3 Å². The molecule has 1 heteroatoms. The zero-order valence-electron chi connectivity index (χ0n) is 11.3. The molecule has 1 N–H and O–H groups in total. The van der Waals surface area contributed by atoms with Gasteiger partial charge in [-0.25, -0.2) is 0 Å². The number of hydrogen-bond donors (Lipinski definition) is 1. The van der Waals surface area contributed by atoms with Crippen LogP contribution in [0.4, 0.5) is 0 Å². The van der Waals surface area contributed by atoms with Crippen LogP contribution in [0.3, 0.4) is 0 Å². The lowest BCUT2D eigenvalue weighted by Gasteiger charge is -2.38. The molecule has 0 bridgehead atoms. The summed E-state index contributed by atoms with van der Waals surface area (Å²) in [5, 5.41) is 3.85. The van der Waals surface area contributed by atoms with Gasteiger partial charge in [0, 0.05) is 6.04 Å². The highest BCUT2D eigenvalue weighted by molar-refractivity contribution is 4.86. The van der Waals surface area contributed by atoms with E-state index < -0.39 is 0 Å². The molecule has 0 spiro atoms. The average molecular weight is 223 g/mol. The fraction of sp³-hybridized carbons (Fsp3) is 1.00. The maximum Gasteiger partial charge on any atom is 0.0100 e. The van der Waals surface area contributed by atoms with Crippen LogP contribution in [0.5, 0.6) is 0 Å². The maximum atomic E-state index is 3.85. The van der Waals surface area contributed by atoms with Crippen molar-refractivity contribution >= 4 is 0 Å². The van der Waals surface area contributed by atoms with Crippen molar-refractivity contribution in [3.05, 3.63) is 0 Å². The maximum absolute atomic E-state index is 3.85. The van der Waals surface area contributed by atoms with E-state index in [1.165, 1.54) is 45.1 Å². The monoisotopic (exact) mass is 223 g/mol. The molecule has 1 nitrogen and oxygen atoms in total. The molecule has 0 amide bonds. The van der Waals surface area contributed by atoms with Crippen molar-refractivity contribution in [3.63, 3.8) is 0 Å². The minimum atomic E-state index is 0.808. The molecule has 2 aliphatic rings. The first-order valence-electron chi connectivity index (χ1n) is 7.40. The highest BCUT2D eigenvalue weighted by Gasteiger charge is 2.30. The van der Waals surface area contributed by atoms with E-state index in [2.05, 4.69) is 26.1 Å². The summed E-state index contributed by atoms with van der Waals surface area (Å²) in [6, 6.07) is 0.808. The van der Waals surface area contributed by atoms with E-state index in [9.17, 15) is 0 Å². The van der Waals surface area contributed by atoms with Gasteiger partial charge in [0.1, 0.15) is 0 Å². The molecule has 2 rings (SSSR count). The lowest BCUT2D eigenvalue weighted by atomic mass is 9.74. The Labute approximate surface area is 101 Å². The zero-order chi connectivity index (χ0) is 11.5. The molecule has 0 aromatic rings. The van der Waals surface area contributed by atoms with E-state index in [1.807, 2.05) is 0 Å². The first kappa shape index (κ1) is 12.4. The van der Waals surface area contributed by atoms with E-state index >= 15 is 0 Å². The van der Waals surface area contributed by atoms with Crippen LogP contribution in [0.25, 0.3) is 0 Å². The van der Waals surface area contributed by atoms with Crippen LogP contribution < -0.4 is 5.32 Å². The van der Waals surface area contributed by atoms with Gasteiger partial charge in [-0.2, -0.15) is 0 Å². The molecular formula is C15H29N. The summed E-state index contributed by atoms with van der Waals surface area (Å²) in [5.41, 5.74) is 0. The van der Waals surface area contributed by atoms with Crippen LogP contribution >= 0.6 is 0 Å². The second-order valence-electron chi connectivity index (χ2n) is 6.62. The van der Waals surface area contributed by atoms with Crippen molar-refractivity contribution in [2.45, 2.75) is 65.3 Å². The summed E-state index contributed by atoms with van der Waals surface area (Å²) in [6.07, 6.45) is 8.72. The Kier molecular flexibility index (Phi) is 4.29. The molecule has 2 fully saturated rings. The van der Waals surface area contributed by atoms with Crippen molar-refractivity contribution in [2.24, 2.45) is 23.7 Å². The largest absolute Gasteiger partial charge is 0.314 e. The summed E-state index contributed by atoms with van der Waals surface area (Å²) in [4.78, 5) is 0. The third kappa shape index (κ3) is 3.48. The summed E-state index contributed by atoms with van der Waals surface area (Å²) >= 11 is 0. The zero-order valence-corrected chi connectivity index (χ0v) is 11.3. The van der Waals surface area contributed by atoms with Gasteiger partial charge in [-0.1, -0.05) is 40.0 Å². The van der Waals surface area contributed by atoms with Crippen molar-refractivity contribution in [1.29, 1.82) is 0 Å². The second-order valence-corrected chi connectivity index (χ2v) is 6.62. The third-order valence-corrected chi connectivity index (χ3v) is 4.68. The molecule has 0 aliphatic heterocycles. The SMILES string of the molecule is CC1CCC(C(C)C)C(NCCC2CC2)C1. The number of hydrogen-bond acceptors (Lipinski definition) is 1. The predicted octanol–water partition coefficient (Wildman–Crippen LogP) is 3.84. The van der Waals surface area contributed by atoms with E-state index in [4.69, 9.17) is 0 Å². The molecule has 3 unspecified atom stereocenters. The quantitative estimate of drug-likeness (QED) is 0.747. The molecule has 2 aliphatic carbocycles. The molecule has 0 aromatic carbocycles. The van der Waals surface area contributed by atoms with Crippen LogP contribution in [0, 0.1) is 23.7 Å². The normalized spacial score (nSPS) is 35.6. The van der Waals surface area contributed by atoms with Gasteiger partial charge in [0.2, 0.25) is 0 Å². The standard InChI is InChI=1S/C15H29N/c1-11(2)14-7-4-12(3)10-15(14)16-9-8-13-5-6-13/h11-16H,4-10H2,1-3H3. The Morgan fingerprint density at radius 3 is 2.50 bits per heavy atom. The number of rotatable bonds is 5. The first-order valence-corrected chi connectivity index (χ1v) is 7.40. The van der Waals surface area contributed by atoms with Crippen LogP contribution in [-0.2, 0) is 0 Å². The van der Waals surface area contributed by atoms with Gasteiger partial charge in [-0.05, 0) is 49.5 Å². The molecule has 2 saturated carbocycles. The van der Waals surface area contributed by atoms with Gasteiger partial charge < -0.3 is 5.32 Å². The fourth-order valence-corrected chi connectivity index (χ4v) is 3.32. The average Bonchev–Trinajstić information content (AvgIpc) is 3.01. The summed E-state index contributed by atoms with van der Waals surface area (Å²) in [7, 11) is 0. The lowest BCUT2D eigenvalue weighted by molar-refractivity contribution is 0.170. The second kappa shape index (κ2) is 5.53. The van der Waals surface area contributed by atoms with Crippen molar-refractivity contribution in [3.8, 4) is 0 Å². The van der Waals surface area contributed by atoms with Crippen LogP contribution in [0.15, 0.2) is 0 Å². The highest BCUT2D eigenvalue weighted by Crippen LogP contribution is 2.34. The van der Waals surface area contributed by atoms with E-state index in [0.29, 0.717) is 0 Å². The molecular weight excluding hydrogens is 194 g/mol. The molecule has 0 aromatic heterocycles. The number of nitrogens with one attached hydrogen (secondary N) is 1. The predicted molar refractivity (Wildman–Crippen MR) is 70.5 cm³/mol. The van der Waals surface area contributed by atoms with Crippen LogP contribution in [-0.4, -0.2) is 12.6 Å². The topological polar surface area (TPSA) is 12.0 Å². The highest BCUT2D eigenvalue weighted by atomic mass is 14.9. The molecule has 3 atom stereocenters. The Balaban J connectivity index is 1.76. The summed E-state index contributed by atoms with van der Waals surface area (Å²) in [6.45, 7) is 8.49. The van der Waals surface area contributed by atoms with Crippen LogP contribution in [0.2, 0.25) is 0 Å². The summed E-state index contributed by atoms with van der Waals surface area (Å²) in [5.74, 6) is 3.79. The van der Waals surface area contributed by atoms with Crippen molar-refractivity contribution in [1.82, 2.24) is 5.32 Å². The molecule has 0 saturated heterocycles. The Hall–Kier alpha value is -0.0400. The summed E-state index contributed by atoms with van der Waals surface area (Å²) < 4.78 is 0. The molecule has 0 heterocycles. The van der Waals surface area contributed by atoms with Gasteiger partial charge in [0.15, 0.2) is 0 Å². The molecule has 16 heavy (non-hydrogen) atoms. The van der Waals surface area contributed by atoms with E-state index in [-0.39, 0.29) is 0 Å².